The average molecular weight is 248 g/mol. The first-order chi connectivity index (χ1) is 9.36. The quantitative estimate of drug-likeness (QED) is 0.769. The minimum atomic E-state index is 0.526. The van der Waals surface area contributed by atoms with Gasteiger partial charge in [0.25, 0.3) is 0 Å². The molecule has 0 fully saturated rings. The van der Waals surface area contributed by atoms with Crippen LogP contribution in [0, 0.1) is 11.3 Å². The second-order valence-electron chi connectivity index (χ2n) is 4.30. The van der Waals surface area contributed by atoms with Crippen molar-refractivity contribution < 1.29 is 4.74 Å². The van der Waals surface area contributed by atoms with Gasteiger partial charge in [0.05, 0.1) is 5.56 Å². The van der Waals surface area contributed by atoms with Crippen molar-refractivity contribution in [1.82, 2.24) is 4.98 Å². The van der Waals surface area contributed by atoms with E-state index in [4.69, 9.17) is 10.00 Å². The van der Waals surface area contributed by atoms with E-state index >= 15 is 0 Å². The van der Waals surface area contributed by atoms with Crippen LogP contribution in [0.1, 0.15) is 11.1 Å². The Labute approximate surface area is 111 Å². The Hall–Kier alpha value is -2.73. The molecule has 1 N–H and O–H groups in total. The van der Waals surface area contributed by atoms with Crippen LogP contribution in [0.15, 0.2) is 54.7 Å². The Morgan fingerprint density at radius 2 is 1.95 bits per heavy atom. The summed E-state index contributed by atoms with van der Waals surface area (Å²) in [4.78, 5) is 3.06. The van der Waals surface area contributed by atoms with Gasteiger partial charge in [-0.25, -0.2) is 0 Å². The molecule has 0 aliphatic rings. The lowest BCUT2D eigenvalue weighted by Gasteiger charge is -2.06. The summed E-state index contributed by atoms with van der Waals surface area (Å²) >= 11 is 0. The Balaban J connectivity index is 1.84. The van der Waals surface area contributed by atoms with E-state index in [9.17, 15) is 0 Å². The van der Waals surface area contributed by atoms with Gasteiger partial charge in [-0.1, -0.05) is 30.3 Å². The number of H-pyrrole nitrogens is 1. The molecule has 0 atom stereocenters. The monoisotopic (exact) mass is 248 g/mol. The molecular formula is C16H12N2O. The van der Waals surface area contributed by atoms with Gasteiger partial charge in [-0.15, -0.1) is 0 Å². The van der Waals surface area contributed by atoms with Crippen LogP contribution in [-0.4, -0.2) is 4.98 Å². The van der Waals surface area contributed by atoms with Gasteiger partial charge in [0, 0.05) is 17.1 Å². The smallest absolute Gasteiger partial charge is 0.120 e. The fraction of sp³-hybridized carbons (Fsp3) is 0.0625. The molecule has 1 heterocycles. The summed E-state index contributed by atoms with van der Waals surface area (Å²) in [6.07, 6.45) is 1.71. The topological polar surface area (TPSA) is 48.8 Å². The van der Waals surface area contributed by atoms with Crippen LogP contribution in [0.3, 0.4) is 0 Å². The molecular weight excluding hydrogens is 236 g/mol. The SMILES string of the molecule is N#Cc1c[nH]c2ccc(OCc3ccccc3)cc12. The first-order valence-electron chi connectivity index (χ1n) is 6.05. The summed E-state index contributed by atoms with van der Waals surface area (Å²) in [7, 11) is 0. The summed E-state index contributed by atoms with van der Waals surface area (Å²) in [6.45, 7) is 0.526. The zero-order valence-electron chi connectivity index (χ0n) is 10.3. The van der Waals surface area contributed by atoms with Crippen LogP contribution in [0.2, 0.25) is 0 Å². The van der Waals surface area contributed by atoms with Crippen molar-refractivity contribution in [2.45, 2.75) is 6.61 Å². The number of nitriles is 1. The van der Waals surface area contributed by atoms with Crippen molar-refractivity contribution >= 4 is 10.9 Å². The number of benzene rings is 2. The summed E-state index contributed by atoms with van der Waals surface area (Å²) in [6, 6.07) is 17.9. The molecule has 3 nitrogen and oxygen atoms in total. The fourth-order valence-corrected chi connectivity index (χ4v) is 2.02. The Kier molecular flexibility index (Phi) is 2.91. The number of hydrogen-bond donors (Lipinski definition) is 1. The van der Waals surface area contributed by atoms with Gasteiger partial charge in [-0.05, 0) is 23.8 Å². The molecule has 0 radical (unpaired) electrons. The highest BCUT2D eigenvalue weighted by atomic mass is 16.5. The van der Waals surface area contributed by atoms with Crippen molar-refractivity contribution in [3.05, 3.63) is 65.9 Å². The van der Waals surface area contributed by atoms with Gasteiger partial charge >= 0.3 is 0 Å². The van der Waals surface area contributed by atoms with Crippen LogP contribution < -0.4 is 4.74 Å². The van der Waals surface area contributed by atoms with Gasteiger partial charge < -0.3 is 9.72 Å². The summed E-state index contributed by atoms with van der Waals surface area (Å²) in [5.41, 5.74) is 2.71. The number of hydrogen-bond acceptors (Lipinski definition) is 2. The van der Waals surface area contributed by atoms with Crippen molar-refractivity contribution in [2.75, 3.05) is 0 Å². The first-order valence-corrected chi connectivity index (χ1v) is 6.05. The van der Waals surface area contributed by atoms with E-state index < -0.39 is 0 Å². The first kappa shape index (κ1) is 11.4. The molecule has 92 valence electrons. The molecule has 0 bridgehead atoms. The van der Waals surface area contributed by atoms with E-state index in [0.717, 1.165) is 22.2 Å². The van der Waals surface area contributed by atoms with Crippen molar-refractivity contribution in [1.29, 1.82) is 5.26 Å². The van der Waals surface area contributed by atoms with Crippen LogP contribution in [0.5, 0.6) is 5.75 Å². The zero-order chi connectivity index (χ0) is 13.1. The Morgan fingerprint density at radius 3 is 2.74 bits per heavy atom. The van der Waals surface area contributed by atoms with E-state index in [0.29, 0.717) is 12.2 Å². The lowest BCUT2D eigenvalue weighted by Crippen LogP contribution is -1.94. The van der Waals surface area contributed by atoms with Gasteiger partial charge in [-0.2, -0.15) is 5.26 Å². The van der Waals surface area contributed by atoms with Crippen LogP contribution in [0.25, 0.3) is 10.9 Å². The largest absolute Gasteiger partial charge is 0.489 e. The third kappa shape index (κ3) is 2.29. The number of rotatable bonds is 3. The lowest BCUT2D eigenvalue weighted by atomic mass is 10.2. The highest BCUT2D eigenvalue weighted by Crippen LogP contribution is 2.23. The summed E-state index contributed by atoms with van der Waals surface area (Å²) in [5.74, 6) is 0.771. The second kappa shape index (κ2) is 4.87. The third-order valence-corrected chi connectivity index (χ3v) is 3.02. The number of nitrogens with zero attached hydrogens (tertiary/aromatic N) is 1. The predicted octanol–water partition coefficient (Wildman–Crippen LogP) is 3.62. The van der Waals surface area contributed by atoms with E-state index in [-0.39, 0.29) is 0 Å². The number of fused-ring (bicyclic) bond motifs is 1. The average Bonchev–Trinajstić information content (AvgIpc) is 2.88. The molecule has 0 amide bonds. The fourth-order valence-electron chi connectivity index (χ4n) is 2.02. The second-order valence-corrected chi connectivity index (χ2v) is 4.30. The molecule has 19 heavy (non-hydrogen) atoms. The molecule has 1 aromatic heterocycles. The van der Waals surface area contributed by atoms with E-state index in [1.165, 1.54) is 0 Å². The molecule has 3 rings (SSSR count). The third-order valence-electron chi connectivity index (χ3n) is 3.02. The molecule has 0 aliphatic heterocycles. The van der Waals surface area contributed by atoms with Crippen LogP contribution in [-0.2, 0) is 6.61 Å². The predicted molar refractivity (Wildman–Crippen MR) is 73.8 cm³/mol. The van der Waals surface area contributed by atoms with Crippen LogP contribution in [0.4, 0.5) is 0 Å². The van der Waals surface area contributed by atoms with Gasteiger partial charge in [0.1, 0.15) is 18.4 Å². The van der Waals surface area contributed by atoms with E-state index in [1.54, 1.807) is 6.20 Å². The van der Waals surface area contributed by atoms with Crippen molar-refractivity contribution in [2.24, 2.45) is 0 Å². The molecule has 0 spiro atoms. The number of aromatic amines is 1. The maximum Gasteiger partial charge on any atom is 0.120 e. The summed E-state index contributed by atoms with van der Waals surface area (Å²) < 4.78 is 5.75. The molecule has 3 aromatic rings. The van der Waals surface area contributed by atoms with Gasteiger partial charge in [-0.3, -0.25) is 0 Å². The minimum Gasteiger partial charge on any atom is -0.489 e. The normalized spacial score (nSPS) is 10.3. The minimum absolute atomic E-state index is 0.526. The van der Waals surface area contributed by atoms with Crippen molar-refractivity contribution in [3.63, 3.8) is 0 Å². The maximum absolute atomic E-state index is 9.01. The maximum atomic E-state index is 9.01. The number of nitrogens with one attached hydrogen (secondary N) is 1. The zero-order valence-corrected chi connectivity index (χ0v) is 10.3. The highest BCUT2D eigenvalue weighted by Gasteiger charge is 2.04. The van der Waals surface area contributed by atoms with E-state index in [1.807, 2.05) is 48.5 Å². The Bertz CT molecular complexity index is 738. The van der Waals surface area contributed by atoms with Gasteiger partial charge in [0.2, 0.25) is 0 Å². The lowest BCUT2D eigenvalue weighted by molar-refractivity contribution is 0.306. The molecule has 0 aliphatic carbocycles. The molecule has 3 heteroatoms. The molecule has 0 saturated carbocycles. The number of ether oxygens (including phenoxy) is 1. The molecule has 0 unspecified atom stereocenters. The molecule has 2 aromatic carbocycles. The Morgan fingerprint density at radius 1 is 1.11 bits per heavy atom. The number of aromatic nitrogens is 1. The van der Waals surface area contributed by atoms with Crippen molar-refractivity contribution in [3.8, 4) is 11.8 Å². The highest BCUT2D eigenvalue weighted by molar-refractivity contribution is 5.86. The van der Waals surface area contributed by atoms with Crippen LogP contribution >= 0.6 is 0 Å². The van der Waals surface area contributed by atoms with Gasteiger partial charge in [0.15, 0.2) is 0 Å². The molecule has 0 saturated heterocycles. The summed E-state index contributed by atoms with van der Waals surface area (Å²) in [5, 5.41) is 9.91. The standard InChI is InChI=1S/C16H12N2O/c17-9-13-10-18-16-7-6-14(8-15(13)16)19-11-12-4-2-1-3-5-12/h1-8,10,18H,11H2. The van der Waals surface area contributed by atoms with E-state index in [2.05, 4.69) is 11.1 Å².